The molecule has 3 nitrogen and oxygen atoms in total. The molecule has 1 aromatic rings. The molecule has 0 radical (unpaired) electrons. The first-order valence-corrected chi connectivity index (χ1v) is 7.07. The van der Waals surface area contributed by atoms with Gasteiger partial charge in [-0.1, -0.05) is 18.6 Å². The van der Waals surface area contributed by atoms with E-state index >= 15 is 0 Å². The van der Waals surface area contributed by atoms with Crippen molar-refractivity contribution in [1.82, 2.24) is 5.32 Å². The molecule has 1 aliphatic carbocycles. The van der Waals surface area contributed by atoms with Crippen molar-refractivity contribution >= 4 is 34.5 Å². The van der Waals surface area contributed by atoms with Gasteiger partial charge in [-0.15, -0.1) is 11.3 Å². The largest absolute Gasteiger partial charge is 0.392 e. The van der Waals surface area contributed by atoms with Gasteiger partial charge in [0, 0.05) is 4.88 Å². The van der Waals surface area contributed by atoms with Gasteiger partial charge in [-0.2, -0.15) is 0 Å². The van der Waals surface area contributed by atoms with Crippen molar-refractivity contribution in [3.05, 3.63) is 21.4 Å². The van der Waals surface area contributed by atoms with Gasteiger partial charge in [-0.05, 0) is 37.3 Å². The summed E-state index contributed by atoms with van der Waals surface area (Å²) < 4.78 is 0. The normalized spacial score (nSPS) is 14.8. The van der Waals surface area contributed by atoms with E-state index in [1.165, 1.54) is 29.7 Å². The predicted octanol–water partition coefficient (Wildman–Crippen LogP) is 2.03. The lowest BCUT2D eigenvalue weighted by Crippen LogP contribution is -2.31. The average molecular weight is 268 g/mol. The van der Waals surface area contributed by atoms with Gasteiger partial charge >= 0.3 is 0 Å². The molecule has 0 saturated carbocycles. The minimum absolute atomic E-state index is 0.0594. The molecule has 0 saturated heterocycles. The van der Waals surface area contributed by atoms with E-state index in [-0.39, 0.29) is 12.5 Å². The molecule has 5 heteroatoms. The van der Waals surface area contributed by atoms with Crippen LogP contribution in [0.25, 0.3) is 0 Å². The number of amides is 1. The highest BCUT2D eigenvalue weighted by atomic mass is 32.1. The second-order valence-electron chi connectivity index (χ2n) is 4.27. The molecule has 0 unspecified atom stereocenters. The molecule has 0 atom stereocenters. The lowest BCUT2D eigenvalue weighted by molar-refractivity contribution is 0.0963. The summed E-state index contributed by atoms with van der Waals surface area (Å²) in [4.78, 5) is 14.3. The van der Waals surface area contributed by atoms with Gasteiger partial charge in [0.2, 0.25) is 0 Å². The number of nitrogens with two attached hydrogens (primary N) is 1. The summed E-state index contributed by atoms with van der Waals surface area (Å²) in [7, 11) is 0. The van der Waals surface area contributed by atoms with Crippen molar-refractivity contribution in [2.45, 2.75) is 32.1 Å². The van der Waals surface area contributed by atoms with E-state index in [1.54, 1.807) is 11.3 Å². The van der Waals surface area contributed by atoms with Crippen LogP contribution in [0.4, 0.5) is 0 Å². The lowest BCUT2D eigenvalue weighted by atomic mass is 10.1. The van der Waals surface area contributed by atoms with Crippen molar-refractivity contribution in [2.75, 3.05) is 6.54 Å². The zero-order chi connectivity index (χ0) is 12.3. The van der Waals surface area contributed by atoms with Crippen molar-refractivity contribution in [3.63, 3.8) is 0 Å². The maximum absolute atomic E-state index is 11.8. The molecular weight excluding hydrogens is 252 g/mol. The molecule has 0 aliphatic heterocycles. The fourth-order valence-electron chi connectivity index (χ4n) is 2.03. The number of carbonyl (C=O) groups is 1. The van der Waals surface area contributed by atoms with Crippen LogP contribution in [-0.4, -0.2) is 17.4 Å². The third-order valence-electron chi connectivity index (χ3n) is 2.89. The van der Waals surface area contributed by atoms with Crippen molar-refractivity contribution < 1.29 is 4.79 Å². The summed E-state index contributed by atoms with van der Waals surface area (Å²) in [6, 6.07) is 2.03. The van der Waals surface area contributed by atoms with Crippen molar-refractivity contribution in [2.24, 2.45) is 5.73 Å². The Bertz CT molecular complexity index is 416. The van der Waals surface area contributed by atoms with Gasteiger partial charge in [0.15, 0.2) is 0 Å². The fraction of sp³-hybridized carbons (Fsp3) is 0.500. The summed E-state index contributed by atoms with van der Waals surface area (Å²) in [5.41, 5.74) is 6.71. The summed E-state index contributed by atoms with van der Waals surface area (Å²) >= 11 is 6.35. The van der Waals surface area contributed by atoms with Gasteiger partial charge in [0.05, 0.1) is 16.4 Å². The zero-order valence-electron chi connectivity index (χ0n) is 9.62. The van der Waals surface area contributed by atoms with E-state index in [1.807, 2.05) is 6.07 Å². The quantitative estimate of drug-likeness (QED) is 0.651. The molecule has 0 bridgehead atoms. The van der Waals surface area contributed by atoms with Crippen LogP contribution in [0.3, 0.4) is 0 Å². The fourth-order valence-corrected chi connectivity index (χ4v) is 3.28. The Morgan fingerprint density at radius 3 is 2.94 bits per heavy atom. The molecular formula is C12H16N2OS2. The van der Waals surface area contributed by atoms with E-state index in [0.29, 0.717) is 4.99 Å². The molecule has 3 N–H and O–H groups in total. The van der Waals surface area contributed by atoms with Crippen LogP contribution < -0.4 is 11.1 Å². The number of fused-ring (bicyclic) bond motifs is 1. The minimum atomic E-state index is -0.0594. The van der Waals surface area contributed by atoms with Crippen molar-refractivity contribution in [3.8, 4) is 0 Å². The molecule has 0 aromatic carbocycles. The number of nitrogens with one attached hydrogen (secondary N) is 1. The number of aryl methyl sites for hydroxylation is 2. The van der Waals surface area contributed by atoms with E-state index in [2.05, 4.69) is 5.32 Å². The first kappa shape index (κ1) is 12.5. The third-order valence-corrected chi connectivity index (χ3v) is 4.27. The Labute approximate surface area is 110 Å². The Morgan fingerprint density at radius 1 is 1.41 bits per heavy atom. The molecule has 1 amide bonds. The second kappa shape index (κ2) is 5.60. The smallest absolute Gasteiger partial charge is 0.261 e. The highest BCUT2D eigenvalue weighted by Crippen LogP contribution is 2.28. The molecule has 0 spiro atoms. The van der Waals surface area contributed by atoms with E-state index in [9.17, 15) is 4.79 Å². The van der Waals surface area contributed by atoms with Crippen LogP contribution in [0.1, 0.15) is 39.4 Å². The Morgan fingerprint density at radius 2 is 2.18 bits per heavy atom. The average Bonchev–Trinajstić information content (AvgIpc) is 2.58. The summed E-state index contributed by atoms with van der Waals surface area (Å²) in [6.07, 6.45) is 5.99. The van der Waals surface area contributed by atoms with Gasteiger partial charge in [-0.25, -0.2) is 0 Å². The number of hydrogen-bond acceptors (Lipinski definition) is 3. The van der Waals surface area contributed by atoms with Gasteiger partial charge in [-0.3, -0.25) is 4.79 Å². The van der Waals surface area contributed by atoms with Crippen molar-refractivity contribution in [1.29, 1.82) is 0 Å². The van der Waals surface area contributed by atoms with Crippen LogP contribution >= 0.6 is 23.6 Å². The number of carbonyl (C=O) groups excluding carboxylic acids is 1. The summed E-state index contributed by atoms with van der Waals surface area (Å²) in [5.74, 6) is -0.0594. The highest BCUT2D eigenvalue weighted by Gasteiger charge is 2.16. The van der Waals surface area contributed by atoms with Crippen LogP contribution in [0.2, 0.25) is 0 Å². The number of rotatable bonds is 3. The highest BCUT2D eigenvalue weighted by molar-refractivity contribution is 7.80. The number of thiophene rings is 1. The predicted molar refractivity (Wildman–Crippen MR) is 74.7 cm³/mol. The zero-order valence-corrected chi connectivity index (χ0v) is 11.3. The Balaban J connectivity index is 2.06. The van der Waals surface area contributed by atoms with Gasteiger partial charge < -0.3 is 11.1 Å². The maximum atomic E-state index is 11.8. The Kier molecular flexibility index (Phi) is 4.12. The van der Waals surface area contributed by atoms with E-state index < -0.39 is 0 Å². The number of thiocarbonyl (C=S) groups is 1. The Hall–Kier alpha value is -0.940. The van der Waals surface area contributed by atoms with E-state index in [0.717, 1.165) is 17.7 Å². The van der Waals surface area contributed by atoms with Gasteiger partial charge in [0.1, 0.15) is 0 Å². The molecule has 0 fully saturated rings. The molecule has 2 rings (SSSR count). The molecule has 1 aromatic heterocycles. The summed E-state index contributed by atoms with van der Waals surface area (Å²) in [5, 5.41) is 2.73. The first-order valence-electron chi connectivity index (χ1n) is 5.85. The topological polar surface area (TPSA) is 55.1 Å². The van der Waals surface area contributed by atoms with Gasteiger partial charge in [0.25, 0.3) is 5.91 Å². The molecule has 92 valence electrons. The maximum Gasteiger partial charge on any atom is 0.261 e. The molecule has 17 heavy (non-hydrogen) atoms. The van der Waals surface area contributed by atoms with Crippen LogP contribution in [0, 0.1) is 0 Å². The second-order valence-corrected chi connectivity index (χ2v) is 5.93. The lowest BCUT2D eigenvalue weighted by Gasteiger charge is -2.00. The third kappa shape index (κ3) is 3.26. The van der Waals surface area contributed by atoms with E-state index in [4.69, 9.17) is 18.0 Å². The van der Waals surface area contributed by atoms with Crippen LogP contribution in [-0.2, 0) is 12.8 Å². The monoisotopic (exact) mass is 268 g/mol. The molecule has 1 aliphatic rings. The molecule has 1 heterocycles. The van der Waals surface area contributed by atoms with Crippen LogP contribution in [0.5, 0.6) is 0 Å². The first-order chi connectivity index (χ1) is 8.16. The van der Waals surface area contributed by atoms with Crippen LogP contribution in [0.15, 0.2) is 6.07 Å². The minimum Gasteiger partial charge on any atom is -0.392 e. The standard InChI is InChI=1S/C12H16N2OS2/c13-11(16)7-14-12(15)10-6-8-4-2-1-3-5-9(8)17-10/h6H,1-5,7H2,(H2,13,16)(H,14,15). The summed E-state index contributed by atoms with van der Waals surface area (Å²) in [6.45, 7) is 0.275. The SMILES string of the molecule is NC(=S)CNC(=O)c1cc2c(s1)CCCCC2. The number of hydrogen-bond donors (Lipinski definition) is 2.